The number of primary amides is 1. The molecule has 2 amide bonds. The molecule has 3 N–H and O–H groups in total. The van der Waals surface area contributed by atoms with Gasteiger partial charge in [0.25, 0.3) is 0 Å². The van der Waals surface area contributed by atoms with E-state index >= 15 is 0 Å². The maximum Gasteiger partial charge on any atom is 0.248 e. The average molecular weight is 274 g/mol. The first-order valence-electron chi connectivity index (χ1n) is 5.87. The Bertz CT molecular complexity index is 579. The van der Waals surface area contributed by atoms with Gasteiger partial charge in [0.05, 0.1) is 0 Å². The smallest absolute Gasteiger partial charge is 0.248 e. The molecule has 0 bridgehead atoms. The maximum absolute atomic E-state index is 11.8. The van der Waals surface area contributed by atoms with Gasteiger partial charge >= 0.3 is 0 Å². The second-order valence-corrected chi connectivity index (χ2v) is 5.10. The van der Waals surface area contributed by atoms with Gasteiger partial charge in [-0.2, -0.15) is 0 Å². The number of hydrogen-bond donors (Lipinski definition) is 2. The molecule has 19 heavy (non-hydrogen) atoms. The van der Waals surface area contributed by atoms with E-state index in [1.165, 1.54) is 4.88 Å². The van der Waals surface area contributed by atoms with Crippen LogP contribution in [0.3, 0.4) is 0 Å². The first kappa shape index (κ1) is 13.3. The summed E-state index contributed by atoms with van der Waals surface area (Å²) in [6.07, 6.45) is 1.14. The van der Waals surface area contributed by atoms with E-state index in [0.717, 1.165) is 6.42 Å². The van der Waals surface area contributed by atoms with E-state index < -0.39 is 5.91 Å². The van der Waals surface area contributed by atoms with Crippen molar-refractivity contribution in [3.05, 3.63) is 52.2 Å². The number of hydrogen-bond acceptors (Lipinski definition) is 3. The molecule has 0 aliphatic heterocycles. The van der Waals surface area contributed by atoms with Crippen LogP contribution in [0.5, 0.6) is 0 Å². The molecule has 5 heteroatoms. The molecule has 2 aromatic rings. The fraction of sp³-hybridized carbons (Fsp3) is 0.143. The number of amides is 2. The highest BCUT2D eigenvalue weighted by molar-refractivity contribution is 7.09. The van der Waals surface area contributed by atoms with Crippen LogP contribution in [-0.4, -0.2) is 11.8 Å². The summed E-state index contributed by atoms with van der Waals surface area (Å²) in [6, 6.07) is 10.6. The number of anilines is 1. The third-order valence-electron chi connectivity index (χ3n) is 2.61. The van der Waals surface area contributed by atoms with Gasteiger partial charge in [0, 0.05) is 22.5 Å². The number of nitrogens with two attached hydrogens (primary N) is 1. The van der Waals surface area contributed by atoms with Crippen LogP contribution >= 0.6 is 11.3 Å². The third-order valence-corrected chi connectivity index (χ3v) is 3.55. The monoisotopic (exact) mass is 274 g/mol. The van der Waals surface area contributed by atoms with Gasteiger partial charge in [-0.25, -0.2) is 0 Å². The van der Waals surface area contributed by atoms with Crippen LogP contribution in [0.1, 0.15) is 21.7 Å². The second-order valence-electron chi connectivity index (χ2n) is 4.07. The number of benzene rings is 1. The molecule has 0 spiro atoms. The van der Waals surface area contributed by atoms with E-state index in [1.54, 1.807) is 35.6 Å². The lowest BCUT2D eigenvalue weighted by Crippen LogP contribution is -2.14. The van der Waals surface area contributed by atoms with Gasteiger partial charge in [0.2, 0.25) is 11.8 Å². The minimum absolute atomic E-state index is 0.0741. The number of thiophene rings is 1. The lowest BCUT2D eigenvalue weighted by atomic mass is 10.2. The maximum atomic E-state index is 11.8. The predicted molar refractivity (Wildman–Crippen MR) is 76.2 cm³/mol. The first-order valence-corrected chi connectivity index (χ1v) is 6.75. The number of nitrogens with one attached hydrogen (secondary N) is 1. The highest BCUT2D eigenvalue weighted by Crippen LogP contribution is 2.13. The number of carbonyl (C=O) groups is 2. The molecule has 0 aliphatic carbocycles. The molecule has 0 fully saturated rings. The quantitative estimate of drug-likeness (QED) is 0.878. The first-order chi connectivity index (χ1) is 9.15. The summed E-state index contributed by atoms with van der Waals surface area (Å²) >= 11 is 1.64. The standard InChI is InChI=1S/C14H14N2O2S/c15-14(18)10-3-1-4-11(9-10)16-13(17)7-6-12-5-2-8-19-12/h1-5,8-9H,6-7H2,(H2,15,18)(H,16,17). The van der Waals surface area contributed by atoms with E-state index in [0.29, 0.717) is 17.7 Å². The van der Waals surface area contributed by atoms with E-state index in [4.69, 9.17) is 5.73 Å². The number of carbonyl (C=O) groups excluding carboxylic acids is 2. The molecule has 2 rings (SSSR count). The van der Waals surface area contributed by atoms with Gasteiger partial charge in [0.15, 0.2) is 0 Å². The molecule has 0 saturated heterocycles. The van der Waals surface area contributed by atoms with E-state index in [1.807, 2.05) is 17.5 Å². The van der Waals surface area contributed by atoms with Crippen molar-refractivity contribution < 1.29 is 9.59 Å². The lowest BCUT2D eigenvalue weighted by molar-refractivity contribution is -0.116. The Morgan fingerprint density at radius 1 is 1.21 bits per heavy atom. The Labute approximate surface area is 115 Å². The topological polar surface area (TPSA) is 72.2 Å². The van der Waals surface area contributed by atoms with Gasteiger partial charge in [-0.05, 0) is 36.1 Å². The second kappa shape index (κ2) is 6.15. The minimum atomic E-state index is -0.505. The largest absolute Gasteiger partial charge is 0.366 e. The summed E-state index contributed by atoms with van der Waals surface area (Å²) in [6.45, 7) is 0. The zero-order chi connectivity index (χ0) is 13.7. The van der Waals surface area contributed by atoms with Crippen LogP contribution in [0.15, 0.2) is 41.8 Å². The van der Waals surface area contributed by atoms with Crippen molar-refractivity contribution >= 4 is 28.8 Å². The lowest BCUT2D eigenvalue weighted by Gasteiger charge is -2.05. The normalized spacial score (nSPS) is 10.1. The summed E-state index contributed by atoms with van der Waals surface area (Å²) in [5.74, 6) is -0.579. The summed E-state index contributed by atoms with van der Waals surface area (Å²) in [5, 5.41) is 4.75. The molecule has 4 nitrogen and oxygen atoms in total. The highest BCUT2D eigenvalue weighted by Gasteiger charge is 2.06. The highest BCUT2D eigenvalue weighted by atomic mass is 32.1. The summed E-state index contributed by atoms with van der Waals surface area (Å²) in [4.78, 5) is 24.0. The van der Waals surface area contributed by atoms with Crippen molar-refractivity contribution in [2.24, 2.45) is 5.73 Å². The molecule has 0 atom stereocenters. The van der Waals surface area contributed by atoms with Crippen LogP contribution in [0, 0.1) is 0 Å². The van der Waals surface area contributed by atoms with E-state index in [2.05, 4.69) is 5.32 Å². The fourth-order valence-electron chi connectivity index (χ4n) is 1.67. The summed E-state index contributed by atoms with van der Waals surface area (Å²) in [7, 11) is 0. The van der Waals surface area contributed by atoms with Crippen LogP contribution in [0.2, 0.25) is 0 Å². The number of aryl methyl sites for hydroxylation is 1. The average Bonchev–Trinajstić information content (AvgIpc) is 2.90. The zero-order valence-corrected chi connectivity index (χ0v) is 11.1. The Balaban J connectivity index is 1.91. The Morgan fingerprint density at radius 3 is 2.74 bits per heavy atom. The van der Waals surface area contributed by atoms with Crippen molar-refractivity contribution in [2.45, 2.75) is 12.8 Å². The van der Waals surface area contributed by atoms with Crippen LogP contribution in [0.4, 0.5) is 5.69 Å². The number of rotatable bonds is 5. The van der Waals surface area contributed by atoms with Gasteiger partial charge in [0.1, 0.15) is 0 Å². The van der Waals surface area contributed by atoms with Gasteiger partial charge in [-0.1, -0.05) is 12.1 Å². The van der Waals surface area contributed by atoms with Gasteiger partial charge in [-0.15, -0.1) is 11.3 Å². The third kappa shape index (κ3) is 3.93. The van der Waals surface area contributed by atoms with Crippen LogP contribution in [-0.2, 0) is 11.2 Å². The van der Waals surface area contributed by atoms with Gasteiger partial charge < -0.3 is 11.1 Å². The summed E-state index contributed by atoms with van der Waals surface area (Å²) < 4.78 is 0. The van der Waals surface area contributed by atoms with Crippen molar-refractivity contribution in [1.29, 1.82) is 0 Å². The molecular formula is C14H14N2O2S. The molecule has 98 valence electrons. The summed E-state index contributed by atoms with van der Waals surface area (Å²) in [5.41, 5.74) is 6.16. The Morgan fingerprint density at radius 2 is 2.05 bits per heavy atom. The van der Waals surface area contributed by atoms with Crippen molar-refractivity contribution in [3.63, 3.8) is 0 Å². The van der Waals surface area contributed by atoms with Crippen LogP contribution < -0.4 is 11.1 Å². The molecule has 1 heterocycles. The zero-order valence-electron chi connectivity index (χ0n) is 10.3. The molecule has 1 aromatic carbocycles. The van der Waals surface area contributed by atoms with Crippen molar-refractivity contribution in [3.8, 4) is 0 Å². The predicted octanol–water partition coefficient (Wildman–Crippen LogP) is 2.42. The fourth-order valence-corrected chi connectivity index (χ4v) is 2.37. The minimum Gasteiger partial charge on any atom is -0.366 e. The molecule has 0 aliphatic rings. The molecule has 0 radical (unpaired) electrons. The Hall–Kier alpha value is -2.14. The van der Waals surface area contributed by atoms with E-state index in [9.17, 15) is 9.59 Å². The SMILES string of the molecule is NC(=O)c1cccc(NC(=O)CCc2cccs2)c1. The molecular weight excluding hydrogens is 260 g/mol. The van der Waals surface area contributed by atoms with Crippen molar-refractivity contribution in [1.82, 2.24) is 0 Å². The van der Waals surface area contributed by atoms with E-state index in [-0.39, 0.29) is 5.91 Å². The van der Waals surface area contributed by atoms with Gasteiger partial charge in [-0.3, -0.25) is 9.59 Å². The Kier molecular flexibility index (Phi) is 4.30. The van der Waals surface area contributed by atoms with Crippen molar-refractivity contribution in [2.75, 3.05) is 5.32 Å². The molecule has 0 unspecified atom stereocenters. The molecule has 0 saturated carbocycles. The van der Waals surface area contributed by atoms with Crippen LogP contribution in [0.25, 0.3) is 0 Å². The molecule has 1 aromatic heterocycles.